The van der Waals surface area contributed by atoms with Gasteiger partial charge in [0.25, 0.3) is 0 Å². The van der Waals surface area contributed by atoms with Crippen molar-refractivity contribution in [2.45, 2.75) is 37.1 Å². The van der Waals surface area contributed by atoms with Crippen LogP contribution in [-0.2, 0) is 0 Å². The zero-order valence-corrected chi connectivity index (χ0v) is 7.06. The molecule has 2 fully saturated rings. The van der Waals surface area contributed by atoms with E-state index in [1.165, 1.54) is 0 Å². The van der Waals surface area contributed by atoms with Gasteiger partial charge in [-0.05, 0) is 19.4 Å². The minimum absolute atomic E-state index is 0.267. The predicted molar refractivity (Wildman–Crippen MR) is 44.6 cm³/mol. The Hall–Kier alpha value is -0.160. The van der Waals surface area contributed by atoms with E-state index in [2.05, 4.69) is 4.90 Å². The molecule has 0 saturated carbocycles. The Morgan fingerprint density at radius 2 is 2.08 bits per heavy atom. The SMILES string of the molecule is NC1C(O)C(O)CN2CCCC12. The van der Waals surface area contributed by atoms with Gasteiger partial charge in [0.05, 0.1) is 12.2 Å². The Labute approximate surface area is 72.0 Å². The van der Waals surface area contributed by atoms with Crippen molar-refractivity contribution in [2.75, 3.05) is 13.1 Å². The van der Waals surface area contributed by atoms with E-state index in [1.807, 2.05) is 0 Å². The molecule has 4 unspecified atom stereocenters. The highest BCUT2D eigenvalue weighted by atomic mass is 16.3. The summed E-state index contributed by atoms with van der Waals surface area (Å²) in [6.45, 7) is 1.60. The van der Waals surface area contributed by atoms with Crippen LogP contribution in [0.3, 0.4) is 0 Å². The molecule has 70 valence electrons. The summed E-state index contributed by atoms with van der Waals surface area (Å²) in [6, 6.07) is 0.0275. The van der Waals surface area contributed by atoms with Gasteiger partial charge >= 0.3 is 0 Å². The number of fused-ring (bicyclic) bond motifs is 1. The van der Waals surface area contributed by atoms with Crippen LogP contribution in [0, 0.1) is 0 Å². The third kappa shape index (κ3) is 1.15. The molecule has 4 nitrogen and oxygen atoms in total. The molecule has 0 bridgehead atoms. The molecule has 2 rings (SSSR count). The Kier molecular flexibility index (Phi) is 2.08. The largest absolute Gasteiger partial charge is 0.389 e. The third-order valence-electron chi connectivity index (χ3n) is 3.07. The molecule has 4 atom stereocenters. The van der Waals surface area contributed by atoms with Gasteiger partial charge in [-0.1, -0.05) is 0 Å². The highest BCUT2D eigenvalue weighted by Crippen LogP contribution is 2.26. The first-order chi connectivity index (χ1) is 5.70. The fourth-order valence-corrected chi connectivity index (χ4v) is 2.35. The molecule has 2 heterocycles. The van der Waals surface area contributed by atoms with Gasteiger partial charge in [-0.15, -0.1) is 0 Å². The first kappa shape index (κ1) is 8.44. The fourth-order valence-electron chi connectivity index (χ4n) is 2.35. The lowest BCUT2D eigenvalue weighted by Crippen LogP contribution is -2.62. The lowest BCUT2D eigenvalue weighted by atomic mass is 9.93. The van der Waals surface area contributed by atoms with Crippen LogP contribution in [0.1, 0.15) is 12.8 Å². The molecule has 2 aliphatic heterocycles. The van der Waals surface area contributed by atoms with Gasteiger partial charge in [-0.2, -0.15) is 0 Å². The topological polar surface area (TPSA) is 69.7 Å². The Bertz CT molecular complexity index is 176. The molecule has 0 aromatic rings. The number of nitrogens with two attached hydrogens (primary N) is 1. The average Bonchev–Trinajstić information content (AvgIpc) is 2.48. The Morgan fingerprint density at radius 3 is 2.83 bits per heavy atom. The second-order valence-corrected chi connectivity index (χ2v) is 3.84. The fraction of sp³-hybridized carbons (Fsp3) is 1.00. The van der Waals surface area contributed by atoms with Gasteiger partial charge in [0.1, 0.15) is 0 Å². The summed E-state index contributed by atoms with van der Waals surface area (Å²) in [5.41, 5.74) is 5.80. The number of rotatable bonds is 0. The first-order valence-electron chi connectivity index (χ1n) is 4.56. The minimum atomic E-state index is -0.732. The van der Waals surface area contributed by atoms with E-state index in [0.717, 1.165) is 19.4 Å². The van der Waals surface area contributed by atoms with Crippen molar-refractivity contribution in [2.24, 2.45) is 5.73 Å². The van der Waals surface area contributed by atoms with Crippen molar-refractivity contribution in [1.29, 1.82) is 0 Å². The lowest BCUT2D eigenvalue weighted by Gasteiger charge is -2.40. The number of hydrogen-bond donors (Lipinski definition) is 3. The van der Waals surface area contributed by atoms with E-state index in [9.17, 15) is 10.2 Å². The van der Waals surface area contributed by atoms with Crippen molar-refractivity contribution in [3.63, 3.8) is 0 Å². The van der Waals surface area contributed by atoms with Crippen molar-refractivity contribution >= 4 is 0 Å². The van der Waals surface area contributed by atoms with Crippen molar-refractivity contribution in [3.8, 4) is 0 Å². The van der Waals surface area contributed by atoms with Crippen LogP contribution < -0.4 is 5.73 Å². The quantitative estimate of drug-likeness (QED) is 0.416. The Morgan fingerprint density at radius 1 is 1.33 bits per heavy atom. The van der Waals surface area contributed by atoms with E-state index in [-0.39, 0.29) is 6.04 Å². The van der Waals surface area contributed by atoms with Crippen LogP contribution in [-0.4, -0.2) is 52.5 Å². The highest BCUT2D eigenvalue weighted by Gasteiger charge is 2.41. The molecule has 0 aromatic heterocycles. The zero-order valence-electron chi connectivity index (χ0n) is 7.06. The van der Waals surface area contributed by atoms with Crippen LogP contribution in [0.25, 0.3) is 0 Å². The zero-order chi connectivity index (χ0) is 8.72. The second-order valence-electron chi connectivity index (χ2n) is 3.84. The standard InChI is InChI=1S/C8H16N2O2/c9-7-5-2-1-3-10(5)4-6(11)8(7)12/h5-8,11-12H,1-4,9H2. The molecule has 0 spiro atoms. The van der Waals surface area contributed by atoms with E-state index < -0.39 is 12.2 Å². The van der Waals surface area contributed by atoms with Crippen LogP contribution in [0.2, 0.25) is 0 Å². The smallest absolute Gasteiger partial charge is 0.0977 e. The maximum atomic E-state index is 9.49. The molecule has 4 N–H and O–H groups in total. The third-order valence-corrected chi connectivity index (χ3v) is 3.07. The van der Waals surface area contributed by atoms with Crippen molar-refractivity contribution in [1.82, 2.24) is 4.90 Å². The summed E-state index contributed by atoms with van der Waals surface area (Å²) < 4.78 is 0. The summed E-state index contributed by atoms with van der Waals surface area (Å²) in [6.07, 6.45) is 0.807. The van der Waals surface area contributed by atoms with E-state index in [4.69, 9.17) is 5.73 Å². The van der Waals surface area contributed by atoms with Gasteiger partial charge in [0.2, 0.25) is 0 Å². The number of nitrogens with zero attached hydrogens (tertiary/aromatic N) is 1. The number of aliphatic hydroxyl groups is 2. The molecular weight excluding hydrogens is 156 g/mol. The van der Waals surface area contributed by atoms with Crippen LogP contribution in [0.5, 0.6) is 0 Å². The summed E-state index contributed by atoms with van der Waals surface area (Å²) in [4.78, 5) is 2.18. The van der Waals surface area contributed by atoms with E-state index in [0.29, 0.717) is 12.6 Å². The van der Waals surface area contributed by atoms with Crippen LogP contribution >= 0.6 is 0 Å². The van der Waals surface area contributed by atoms with Crippen molar-refractivity contribution in [3.05, 3.63) is 0 Å². The molecule has 0 amide bonds. The Balaban J connectivity index is 2.10. The van der Waals surface area contributed by atoms with Crippen LogP contribution in [0.4, 0.5) is 0 Å². The van der Waals surface area contributed by atoms with Gasteiger partial charge < -0.3 is 15.9 Å². The van der Waals surface area contributed by atoms with Gasteiger partial charge in [0.15, 0.2) is 0 Å². The molecule has 12 heavy (non-hydrogen) atoms. The van der Waals surface area contributed by atoms with Gasteiger partial charge in [-0.3, -0.25) is 4.90 Å². The number of piperidine rings is 1. The molecule has 2 aliphatic rings. The molecule has 0 aliphatic carbocycles. The van der Waals surface area contributed by atoms with Crippen LogP contribution in [0.15, 0.2) is 0 Å². The molecular formula is C8H16N2O2. The van der Waals surface area contributed by atoms with Crippen molar-refractivity contribution < 1.29 is 10.2 Å². The number of aliphatic hydroxyl groups excluding tert-OH is 2. The normalized spacial score (nSPS) is 49.2. The maximum Gasteiger partial charge on any atom is 0.0977 e. The number of hydrogen-bond acceptors (Lipinski definition) is 4. The van der Waals surface area contributed by atoms with E-state index >= 15 is 0 Å². The highest BCUT2D eigenvalue weighted by molar-refractivity contribution is 4.99. The van der Waals surface area contributed by atoms with E-state index in [1.54, 1.807) is 0 Å². The summed E-state index contributed by atoms with van der Waals surface area (Å²) >= 11 is 0. The molecule has 0 aromatic carbocycles. The summed E-state index contributed by atoms with van der Waals surface area (Å²) in [5, 5.41) is 18.9. The maximum absolute atomic E-state index is 9.49. The second kappa shape index (κ2) is 2.96. The molecule has 0 radical (unpaired) electrons. The predicted octanol–water partition coefficient (Wildman–Crippen LogP) is -1.49. The summed E-state index contributed by atoms with van der Waals surface area (Å²) in [7, 11) is 0. The molecule has 4 heteroatoms. The average molecular weight is 172 g/mol. The monoisotopic (exact) mass is 172 g/mol. The molecule has 2 saturated heterocycles. The first-order valence-corrected chi connectivity index (χ1v) is 4.56. The summed E-state index contributed by atoms with van der Waals surface area (Å²) in [5.74, 6) is 0. The minimum Gasteiger partial charge on any atom is -0.389 e. The van der Waals surface area contributed by atoms with Gasteiger partial charge in [0, 0.05) is 18.6 Å². The van der Waals surface area contributed by atoms with Gasteiger partial charge in [-0.25, -0.2) is 0 Å². The lowest BCUT2D eigenvalue weighted by molar-refractivity contribution is -0.0632.